The minimum atomic E-state index is -0.724. The molecule has 7 heteroatoms. The second-order valence-corrected chi connectivity index (χ2v) is 10.1. The third-order valence-electron chi connectivity index (χ3n) is 7.19. The van der Waals surface area contributed by atoms with Crippen molar-refractivity contribution < 1.29 is 19.4 Å². The van der Waals surface area contributed by atoms with E-state index in [-0.39, 0.29) is 35.1 Å². The zero-order chi connectivity index (χ0) is 19.5. The minimum absolute atomic E-state index is 0.0381. The van der Waals surface area contributed by atoms with Crippen LogP contribution in [0.5, 0.6) is 5.75 Å². The number of thioether (sulfide) groups is 1. The predicted octanol–water partition coefficient (Wildman–Crippen LogP) is 1.92. The van der Waals surface area contributed by atoms with Gasteiger partial charge in [0.15, 0.2) is 5.72 Å². The van der Waals surface area contributed by atoms with Crippen molar-refractivity contribution in [2.75, 3.05) is 11.5 Å². The van der Waals surface area contributed by atoms with Gasteiger partial charge in [-0.05, 0) is 36.8 Å². The molecular formula is C21H26N2O4S. The van der Waals surface area contributed by atoms with E-state index in [2.05, 4.69) is 17.6 Å². The van der Waals surface area contributed by atoms with Gasteiger partial charge in [0.2, 0.25) is 5.91 Å². The fourth-order valence-corrected chi connectivity index (χ4v) is 6.79. The van der Waals surface area contributed by atoms with E-state index >= 15 is 0 Å². The van der Waals surface area contributed by atoms with Crippen LogP contribution in [0, 0.1) is 17.3 Å². The number of hydrogen-bond acceptors (Lipinski definition) is 5. The SMILES string of the molecule is C[C@@]12CC[C@@H](C[C@@H]1C(=O)N[C@@H]1CSC[C@H]1O)[C@@]1(C2)NC(=O)c2ccccc2O1. The lowest BCUT2D eigenvalue weighted by atomic mass is 9.52. The largest absolute Gasteiger partial charge is 0.467 e. The van der Waals surface area contributed by atoms with E-state index in [0.29, 0.717) is 29.9 Å². The molecule has 0 radical (unpaired) electrons. The molecule has 0 unspecified atom stereocenters. The Morgan fingerprint density at radius 3 is 2.93 bits per heavy atom. The summed E-state index contributed by atoms with van der Waals surface area (Å²) in [5.74, 6) is 2.01. The Labute approximate surface area is 168 Å². The average molecular weight is 403 g/mol. The lowest BCUT2D eigenvalue weighted by Gasteiger charge is -2.59. The number of hydrogen-bond donors (Lipinski definition) is 3. The summed E-state index contributed by atoms with van der Waals surface area (Å²) in [5, 5.41) is 16.3. The Balaban J connectivity index is 1.38. The van der Waals surface area contributed by atoms with Gasteiger partial charge in [-0.25, -0.2) is 0 Å². The number of benzene rings is 1. The third kappa shape index (κ3) is 2.74. The van der Waals surface area contributed by atoms with Gasteiger partial charge in [0.25, 0.3) is 5.91 Å². The van der Waals surface area contributed by atoms with Crippen LogP contribution in [0.25, 0.3) is 0 Å². The average Bonchev–Trinajstić information content (AvgIpc) is 3.06. The molecule has 1 spiro atoms. The van der Waals surface area contributed by atoms with E-state index in [9.17, 15) is 14.7 Å². The summed E-state index contributed by atoms with van der Waals surface area (Å²) in [6, 6.07) is 7.19. The second-order valence-electron chi connectivity index (χ2n) is 9.02. The zero-order valence-corrected chi connectivity index (χ0v) is 16.8. The van der Waals surface area contributed by atoms with Crippen LogP contribution >= 0.6 is 11.8 Å². The second kappa shape index (κ2) is 6.39. The maximum Gasteiger partial charge on any atom is 0.258 e. The smallest absolute Gasteiger partial charge is 0.258 e. The van der Waals surface area contributed by atoms with Crippen molar-refractivity contribution in [1.29, 1.82) is 0 Å². The van der Waals surface area contributed by atoms with Crippen molar-refractivity contribution in [2.24, 2.45) is 17.3 Å². The number of para-hydroxylation sites is 1. The van der Waals surface area contributed by atoms with Crippen LogP contribution in [-0.2, 0) is 4.79 Å². The van der Waals surface area contributed by atoms with Crippen LogP contribution in [0.15, 0.2) is 24.3 Å². The van der Waals surface area contributed by atoms with Gasteiger partial charge in [0.1, 0.15) is 5.75 Å². The van der Waals surface area contributed by atoms with Gasteiger partial charge < -0.3 is 20.5 Å². The van der Waals surface area contributed by atoms with Crippen LogP contribution in [0.4, 0.5) is 0 Å². The quantitative estimate of drug-likeness (QED) is 0.704. The Morgan fingerprint density at radius 2 is 2.18 bits per heavy atom. The number of aliphatic hydroxyl groups excluding tert-OH is 1. The van der Waals surface area contributed by atoms with Crippen LogP contribution in [0.2, 0.25) is 0 Å². The van der Waals surface area contributed by atoms with Gasteiger partial charge in [0, 0.05) is 29.8 Å². The molecule has 2 amide bonds. The first-order chi connectivity index (χ1) is 13.4. The highest BCUT2D eigenvalue weighted by atomic mass is 32.2. The molecule has 0 aromatic heterocycles. The first-order valence-electron chi connectivity index (χ1n) is 10.1. The number of amides is 2. The number of rotatable bonds is 2. The number of carbonyl (C=O) groups excluding carboxylic acids is 2. The van der Waals surface area contributed by atoms with Crippen molar-refractivity contribution >= 4 is 23.6 Å². The Kier molecular flexibility index (Phi) is 4.18. The molecule has 6 rings (SSSR count). The van der Waals surface area contributed by atoms with E-state index in [1.54, 1.807) is 17.8 Å². The molecule has 3 aliphatic carbocycles. The molecule has 150 valence electrons. The molecule has 1 saturated heterocycles. The van der Waals surface area contributed by atoms with Gasteiger partial charge in [-0.15, -0.1) is 0 Å². The molecule has 1 aromatic rings. The summed E-state index contributed by atoms with van der Waals surface area (Å²) in [7, 11) is 0. The lowest BCUT2D eigenvalue weighted by molar-refractivity contribution is -0.168. The molecular weight excluding hydrogens is 376 g/mol. The molecule has 2 aliphatic heterocycles. The van der Waals surface area contributed by atoms with Crippen LogP contribution in [-0.4, -0.2) is 46.3 Å². The van der Waals surface area contributed by atoms with Gasteiger partial charge in [-0.3, -0.25) is 9.59 Å². The van der Waals surface area contributed by atoms with Crippen LogP contribution in [0.3, 0.4) is 0 Å². The highest BCUT2D eigenvalue weighted by Crippen LogP contribution is 2.58. The Morgan fingerprint density at radius 1 is 1.36 bits per heavy atom. The number of ether oxygens (including phenoxy) is 1. The molecule has 2 bridgehead atoms. The normalized spacial score (nSPS) is 41.3. The molecule has 6 nitrogen and oxygen atoms in total. The third-order valence-corrected chi connectivity index (χ3v) is 8.37. The monoisotopic (exact) mass is 402 g/mol. The summed E-state index contributed by atoms with van der Waals surface area (Å²) < 4.78 is 6.40. The fourth-order valence-electron chi connectivity index (χ4n) is 5.62. The summed E-state index contributed by atoms with van der Waals surface area (Å²) >= 11 is 1.67. The Bertz CT molecular complexity index is 832. The first-order valence-corrected chi connectivity index (χ1v) is 11.2. The number of fused-ring (bicyclic) bond motifs is 3. The zero-order valence-electron chi connectivity index (χ0n) is 15.9. The minimum Gasteiger partial charge on any atom is -0.467 e. The lowest BCUT2D eigenvalue weighted by Crippen LogP contribution is -2.69. The molecule has 6 atom stereocenters. The molecule has 5 aliphatic rings. The molecule has 3 N–H and O–H groups in total. The van der Waals surface area contributed by atoms with E-state index in [0.717, 1.165) is 18.6 Å². The van der Waals surface area contributed by atoms with E-state index < -0.39 is 11.8 Å². The first kappa shape index (κ1) is 18.3. The van der Waals surface area contributed by atoms with Gasteiger partial charge >= 0.3 is 0 Å². The topological polar surface area (TPSA) is 87.7 Å². The standard InChI is InChI=1S/C21H26N2O4S/c1-20-7-6-12(8-14(20)19(26)22-15-9-28-10-16(15)24)21(11-20)23-18(25)13-4-2-3-5-17(13)27-21/h2-5,12,14-16,24H,6-11H2,1H3,(H,22,26)(H,23,25)/t12-,14+,15+,16+,20-,21-/m0/s1. The summed E-state index contributed by atoms with van der Waals surface area (Å²) in [4.78, 5) is 25.8. The van der Waals surface area contributed by atoms with Crippen molar-refractivity contribution in [3.8, 4) is 5.75 Å². The summed E-state index contributed by atoms with van der Waals surface area (Å²) in [5.41, 5.74) is -0.394. The highest BCUT2D eigenvalue weighted by molar-refractivity contribution is 7.99. The van der Waals surface area contributed by atoms with E-state index in [1.807, 2.05) is 18.2 Å². The van der Waals surface area contributed by atoms with Crippen LogP contribution in [0.1, 0.15) is 43.0 Å². The van der Waals surface area contributed by atoms with Gasteiger partial charge in [-0.1, -0.05) is 19.1 Å². The molecule has 4 fully saturated rings. The van der Waals surface area contributed by atoms with Gasteiger partial charge in [0.05, 0.1) is 17.7 Å². The fraction of sp³-hybridized carbons (Fsp3) is 0.619. The van der Waals surface area contributed by atoms with E-state index in [4.69, 9.17) is 4.74 Å². The molecule has 3 saturated carbocycles. The Hall–Kier alpha value is -1.73. The number of aliphatic hydroxyl groups is 1. The highest BCUT2D eigenvalue weighted by Gasteiger charge is 2.62. The van der Waals surface area contributed by atoms with Crippen LogP contribution < -0.4 is 15.4 Å². The van der Waals surface area contributed by atoms with Gasteiger partial charge in [-0.2, -0.15) is 11.8 Å². The van der Waals surface area contributed by atoms with Crippen molar-refractivity contribution in [1.82, 2.24) is 10.6 Å². The van der Waals surface area contributed by atoms with Crippen molar-refractivity contribution in [3.63, 3.8) is 0 Å². The predicted molar refractivity (Wildman–Crippen MR) is 106 cm³/mol. The number of carbonyl (C=O) groups is 2. The number of nitrogens with one attached hydrogen (secondary N) is 2. The molecule has 2 heterocycles. The molecule has 28 heavy (non-hydrogen) atoms. The maximum absolute atomic E-state index is 13.1. The van der Waals surface area contributed by atoms with E-state index in [1.165, 1.54) is 0 Å². The van der Waals surface area contributed by atoms with Crippen molar-refractivity contribution in [2.45, 2.75) is 50.5 Å². The van der Waals surface area contributed by atoms with Crippen molar-refractivity contribution in [3.05, 3.63) is 29.8 Å². The molecule has 1 aromatic carbocycles. The summed E-state index contributed by atoms with van der Waals surface area (Å²) in [6.45, 7) is 2.14. The maximum atomic E-state index is 13.1. The summed E-state index contributed by atoms with van der Waals surface area (Å²) in [6.07, 6.45) is 2.74.